The van der Waals surface area contributed by atoms with Crippen LogP contribution in [0.1, 0.15) is 12.1 Å². The lowest BCUT2D eigenvalue weighted by Gasteiger charge is -1.96. The second-order valence-electron chi connectivity index (χ2n) is 3.65. The first-order valence-corrected chi connectivity index (χ1v) is 5.82. The van der Waals surface area contributed by atoms with Gasteiger partial charge in [-0.25, -0.2) is 0 Å². The topological polar surface area (TPSA) is 30.7 Å². The molecule has 0 saturated heterocycles. The molecule has 0 aliphatic carbocycles. The van der Waals surface area contributed by atoms with Gasteiger partial charge < -0.3 is 0 Å². The lowest BCUT2D eigenvalue weighted by atomic mass is 10.2. The van der Waals surface area contributed by atoms with E-state index in [9.17, 15) is 0 Å². The molecule has 3 rings (SSSR count). The Kier molecular flexibility index (Phi) is 2.09. The number of halogens is 1. The van der Waals surface area contributed by atoms with Crippen molar-refractivity contribution in [2.45, 2.75) is 19.4 Å². The van der Waals surface area contributed by atoms with E-state index in [1.165, 1.54) is 12.1 Å². The van der Waals surface area contributed by atoms with Gasteiger partial charge in [0.2, 0.25) is 0 Å². The zero-order valence-electron chi connectivity index (χ0n) is 8.15. The fourth-order valence-electron chi connectivity index (χ4n) is 1.96. The molecular formula is C11H10BrN3. The third kappa shape index (κ3) is 1.40. The third-order valence-corrected chi connectivity index (χ3v) is 3.52. The zero-order valence-corrected chi connectivity index (χ0v) is 9.74. The standard InChI is InChI=1S/C11H10BrN3/c12-10-9-5-3-7-15(9)14-11(10)8-4-1-2-6-13-8/h1-2,4,6H,3,5,7H2. The van der Waals surface area contributed by atoms with Crippen LogP contribution in [0.4, 0.5) is 0 Å². The molecule has 0 amide bonds. The van der Waals surface area contributed by atoms with Gasteiger partial charge in [0.1, 0.15) is 5.69 Å². The summed E-state index contributed by atoms with van der Waals surface area (Å²) in [6.07, 6.45) is 4.11. The Hall–Kier alpha value is -1.16. The highest BCUT2D eigenvalue weighted by Crippen LogP contribution is 2.32. The molecule has 0 N–H and O–H groups in total. The number of rotatable bonds is 1. The zero-order chi connectivity index (χ0) is 10.3. The fourth-order valence-corrected chi connectivity index (χ4v) is 2.65. The lowest BCUT2D eigenvalue weighted by Crippen LogP contribution is -1.94. The molecule has 0 saturated carbocycles. The van der Waals surface area contributed by atoms with Gasteiger partial charge in [0.05, 0.1) is 15.9 Å². The smallest absolute Gasteiger partial charge is 0.125 e. The molecule has 3 nitrogen and oxygen atoms in total. The Balaban J connectivity index is 2.14. The largest absolute Gasteiger partial charge is 0.268 e. The second-order valence-corrected chi connectivity index (χ2v) is 4.44. The highest BCUT2D eigenvalue weighted by Gasteiger charge is 2.20. The van der Waals surface area contributed by atoms with E-state index in [-0.39, 0.29) is 0 Å². The van der Waals surface area contributed by atoms with Crippen molar-refractivity contribution < 1.29 is 0 Å². The first-order valence-electron chi connectivity index (χ1n) is 5.03. The lowest BCUT2D eigenvalue weighted by molar-refractivity contribution is 0.658. The molecule has 15 heavy (non-hydrogen) atoms. The van der Waals surface area contributed by atoms with Crippen LogP contribution in [0.5, 0.6) is 0 Å². The highest BCUT2D eigenvalue weighted by atomic mass is 79.9. The van der Waals surface area contributed by atoms with Crippen molar-refractivity contribution >= 4 is 15.9 Å². The Morgan fingerprint density at radius 1 is 1.33 bits per heavy atom. The van der Waals surface area contributed by atoms with E-state index in [1.54, 1.807) is 6.20 Å². The summed E-state index contributed by atoms with van der Waals surface area (Å²) in [6.45, 7) is 1.03. The minimum atomic E-state index is 0.936. The SMILES string of the molecule is Brc1c(-c2ccccn2)nn2c1CCC2. The highest BCUT2D eigenvalue weighted by molar-refractivity contribution is 9.10. The van der Waals surface area contributed by atoms with Crippen LogP contribution in [-0.2, 0) is 13.0 Å². The second kappa shape index (κ2) is 3.45. The first kappa shape index (κ1) is 9.09. The van der Waals surface area contributed by atoms with Gasteiger partial charge in [0.25, 0.3) is 0 Å². The molecule has 0 atom stereocenters. The van der Waals surface area contributed by atoms with Crippen molar-refractivity contribution in [2.75, 3.05) is 0 Å². The summed E-state index contributed by atoms with van der Waals surface area (Å²) in [5.74, 6) is 0. The Bertz CT molecular complexity index is 490. The molecular weight excluding hydrogens is 254 g/mol. The van der Waals surface area contributed by atoms with Gasteiger partial charge in [0, 0.05) is 12.7 Å². The predicted molar refractivity (Wildman–Crippen MR) is 61.5 cm³/mol. The van der Waals surface area contributed by atoms with Crippen LogP contribution in [0.2, 0.25) is 0 Å². The van der Waals surface area contributed by atoms with Crippen LogP contribution in [0.25, 0.3) is 11.4 Å². The minimum Gasteiger partial charge on any atom is -0.268 e. The summed E-state index contributed by atoms with van der Waals surface area (Å²) >= 11 is 3.62. The molecule has 0 bridgehead atoms. The summed E-state index contributed by atoms with van der Waals surface area (Å²) in [4.78, 5) is 4.32. The van der Waals surface area contributed by atoms with Crippen LogP contribution < -0.4 is 0 Å². The maximum atomic E-state index is 4.57. The average molecular weight is 264 g/mol. The van der Waals surface area contributed by atoms with Crippen LogP contribution >= 0.6 is 15.9 Å². The normalized spacial score (nSPS) is 14.2. The molecule has 0 aromatic carbocycles. The van der Waals surface area contributed by atoms with E-state index in [4.69, 9.17) is 0 Å². The maximum Gasteiger partial charge on any atom is 0.125 e. The van der Waals surface area contributed by atoms with Crippen LogP contribution in [-0.4, -0.2) is 14.8 Å². The number of aryl methyl sites for hydroxylation is 1. The van der Waals surface area contributed by atoms with Crippen LogP contribution in [0.3, 0.4) is 0 Å². The Labute approximate surface area is 96.3 Å². The molecule has 3 heterocycles. The molecule has 4 heteroatoms. The molecule has 1 aliphatic rings. The maximum absolute atomic E-state index is 4.57. The van der Waals surface area contributed by atoms with Gasteiger partial charge in [-0.3, -0.25) is 9.67 Å². The van der Waals surface area contributed by atoms with E-state index in [2.05, 4.69) is 30.7 Å². The van der Waals surface area contributed by atoms with Gasteiger partial charge in [-0.15, -0.1) is 0 Å². The Morgan fingerprint density at radius 2 is 2.27 bits per heavy atom. The number of aromatic nitrogens is 3. The minimum absolute atomic E-state index is 0.936. The Morgan fingerprint density at radius 3 is 3.00 bits per heavy atom. The van der Waals surface area contributed by atoms with E-state index < -0.39 is 0 Å². The van der Waals surface area contributed by atoms with Gasteiger partial charge in [-0.05, 0) is 40.9 Å². The number of fused-ring (bicyclic) bond motifs is 1. The van der Waals surface area contributed by atoms with E-state index >= 15 is 0 Å². The van der Waals surface area contributed by atoms with Crippen molar-refractivity contribution in [3.63, 3.8) is 0 Å². The predicted octanol–water partition coefficient (Wildman–Crippen LogP) is 2.65. The van der Waals surface area contributed by atoms with E-state index in [0.717, 1.165) is 28.8 Å². The fraction of sp³-hybridized carbons (Fsp3) is 0.273. The molecule has 2 aromatic rings. The van der Waals surface area contributed by atoms with Crippen molar-refractivity contribution in [1.82, 2.24) is 14.8 Å². The van der Waals surface area contributed by atoms with Crippen molar-refractivity contribution in [2.24, 2.45) is 0 Å². The molecule has 1 aliphatic heterocycles. The summed E-state index contributed by atoms with van der Waals surface area (Å²) in [7, 11) is 0. The summed E-state index contributed by atoms with van der Waals surface area (Å²) < 4.78 is 3.19. The molecule has 2 aromatic heterocycles. The van der Waals surface area contributed by atoms with Gasteiger partial charge in [-0.2, -0.15) is 5.10 Å². The van der Waals surface area contributed by atoms with Crippen LogP contribution in [0.15, 0.2) is 28.9 Å². The number of nitrogens with zero attached hydrogens (tertiary/aromatic N) is 3. The summed E-state index contributed by atoms with van der Waals surface area (Å²) in [5.41, 5.74) is 3.20. The van der Waals surface area contributed by atoms with Crippen molar-refractivity contribution in [1.29, 1.82) is 0 Å². The average Bonchev–Trinajstić information content (AvgIpc) is 2.83. The quantitative estimate of drug-likeness (QED) is 0.792. The third-order valence-electron chi connectivity index (χ3n) is 2.68. The number of pyridine rings is 1. The number of hydrogen-bond acceptors (Lipinski definition) is 2. The monoisotopic (exact) mass is 263 g/mol. The molecule has 76 valence electrons. The van der Waals surface area contributed by atoms with Gasteiger partial charge >= 0.3 is 0 Å². The number of hydrogen-bond donors (Lipinski definition) is 0. The summed E-state index contributed by atoms with van der Waals surface area (Å²) in [5, 5.41) is 4.57. The molecule has 0 unspecified atom stereocenters. The van der Waals surface area contributed by atoms with Crippen LogP contribution in [0, 0.1) is 0 Å². The van der Waals surface area contributed by atoms with E-state index in [1.807, 2.05) is 18.2 Å². The van der Waals surface area contributed by atoms with Gasteiger partial charge in [0.15, 0.2) is 0 Å². The van der Waals surface area contributed by atoms with Crippen molar-refractivity contribution in [3.05, 3.63) is 34.6 Å². The van der Waals surface area contributed by atoms with Gasteiger partial charge in [-0.1, -0.05) is 6.07 Å². The first-order chi connectivity index (χ1) is 7.36. The van der Waals surface area contributed by atoms with E-state index in [0.29, 0.717) is 0 Å². The molecule has 0 fully saturated rings. The molecule has 0 radical (unpaired) electrons. The van der Waals surface area contributed by atoms with Crippen molar-refractivity contribution in [3.8, 4) is 11.4 Å². The molecule has 0 spiro atoms. The summed E-state index contributed by atoms with van der Waals surface area (Å²) in [6, 6.07) is 5.89.